The lowest BCUT2D eigenvalue weighted by atomic mass is 10.2. The standard InChI is InChI=1S/C16H16ClFN6O2/c1-10-19-6-12(7-20-10)23-9-22-24(16(23)26)8-15(25)21-5-11-2-3-13(17)14(18)4-11/h2-4,6-7,9-10,19H,5,8H2,1H3,(H,21,25). The van der Waals surface area contributed by atoms with E-state index in [1.807, 2.05) is 6.92 Å². The first-order chi connectivity index (χ1) is 12.4. The van der Waals surface area contributed by atoms with Gasteiger partial charge in [0.2, 0.25) is 5.91 Å². The summed E-state index contributed by atoms with van der Waals surface area (Å²) in [6.45, 7) is 1.73. The van der Waals surface area contributed by atoms with Crippen LogP contribution in [0, 0.1) is 5.82 Å². The molecule has 26 heavy (non-hydrogen) atoms. The topological polar surface area (TPSA) is 93.3 Å². The molecule has 0 radical (unpaired) electrons. The van der Waals surface area contributed by atoms with Crippen molar-refractivity contribution in [3.8, 4) is 0 Å². The lowest BCUT2D eigenvalue weighted by Gasteiger charge is -2.13. The number of carbonyl (C=O) groups is 1. The van der Waals surface area contributed by atoms with Crippen LogP contribution in [0.2, 0.25) is 5.02 Å². The highest BCUT2D eigenvalue weighted by atomic mass is 35.5. The molecular formula is C16H16ClFN6O2. The third-order valence-corrected chi connectivity index (χ3v) is 3.99. The second kappa shape index (κ2) is 7.52. The Morgan fingerprint density at radius 2 is 2.27 bits per heavy atom. The van der Waals surface area contributed by atoms with E-state index < -0.39 is 17.4 Å². The highest BCUT2D eigenvalue weighted by molar-refractivity contribution is 6.30. The molecule has 1 aromatic heterocycles. The van der Waals surface area contributed by atoms with Crippen LogP contribution < -0.4 is 16.3 Å². The fourth-order valence-corrected chi connectivity index (χ4v) is 2.39. The van der Waals surface area contributed by atoms with E-state index in [0.29, 0.717) is 11.3 Å². The number of allylic oxidation sites excluding steroid dienone is 1. The van der Waals surface area contributed by atoms with Crippen LogP contribution in [0.1, 0.15) is 12.5 Å². The molecular weight excluding hydrogens is 363 g/mol. The fraction of sp³-hybridized carbons (Fsp3) is 0.250. The number of hydrogen-bond donors (Lipinski definition) is 2. The summed E-state index contributed by atoms with van der Waals surface area (Å²) in [7, 11) is 0. The van der Waals surface area contributed by atoms with Crippen LogP contribution in [0.5, 0.6) is 0 Å². The fourth-order valence-electron chi connectivity index (χ4n) is 2.27. The summed E-state index contributed by atoms with van der Waals surface area (Å²) in [5.74, 6) is -0.982. The molecule has 2 heterocycles. The second-order valence-electron chi connectivity index (χ2n) is 5.66. The smallest absolute Gasteiger partial charge is 0.350 e. The van der Waals surface area contributed by atoms with Gasteiger partial charge in [-0.05, 0) is 24.6 Å². The minimum absolute atomic E-state index is 0.0154. The zero-order chi connectivity index (χ0) is 18.7. The van der Waals surface area contributed by atoms with Gasteiger partial charge in [-0.15, -0.1) is 0 Å². The van der Waals surface area contributed by atoms with Crippen molar-refractivity contribution in [2.45, 2.75) is 26.2 Å². The lowest BCUT2D eigenvalue weighted by molar-refractivity contribution is -0.122. The molecule has 8 nitrogen and oxygen atoms in total. The van der Waals surface area contributed by atoms with Crippen LogP contribution in [-0.4, -0.2) is 32.6 Å². The Bertz CT molecular complexity index is 948. The first kappa shape index (κ1) is 17.9. The van der Waals surface area contributed by atoms with Crippen LogP contribution in [0.15, 0.2) is 40.5 Å². The Morgan fingerprint density at radius 3 is 2.96 bits per heavy atom. The third-order valence-electron chi connectivity index (χ3n) is 3.68. The molecule has 3 rings (SSSR count). The first-order valence-corrected chi connectivity index (χ1v) is 8.16. The zero-order valence-electron chi connectivity index (χ0n) is 13.8. The number of benzene rings is 1. The van der Waals surface area contributed by atoms with Crippen LogP contribution in [0.4, 0.5) is 4.39 Å². The number of aromatic nitrogens is 3. The van der Waals surface area contributed by atoms with E-state index in [1.54, 1.807) is 18.5 Å². The molecule has 10 heteroatoms. The maximum Gasteiger partial charge on any atom is 0.350 e. The lowest BCUT2D eigenvalue weighted by Crippen LogP contribution is -2.34. The van der Waals surface area contributed by atoms with E-state index in [9.17, 15) is 14.0 Å². The number of nitrogens with one attached hydrogen (secondary N) is 2. The Morgan fingerprint density at radius 1 is 1.46 bits per heavy atom. The predicted molar refractivity (Wildman–Crippen MR) is 95.1 cm³/mol. The Hall–Kier alpha value is -2.94. The molecule has 0 bridgehead atoms. The Kier molecular flexibility index (Phi) is 5.17. The van der Waals surface area contributed by atoms with Crippen molar-refractivity contribution in [3.63, 3.8) is 0 Å². The van der Waals surface area contributed by atoms with Crippen molar-refractivity contribution in [3.05, 3.63) is 57.6 Å². The molecule has 1 aliphatic rings. The number of rotatable bonds is 5. The van der Waals surface area contributed by atoms with Crippen LogP contribution in [0.25, 0.3) is 5.70 Å². The van der Waals surface area contributed by atoms with Gasteiger partial charge in [0.15, 0.2) is 0 Å². The third kappa shape index (κ3) is 3.99. The Balaban J connectivity index is 1.62. The van der Waals surface area contributed by atoms with Crippen LogP contribution in [0.3, 0.4) is 0 Å². The van der Waals surface area contributed by atoms with Gasteiger partial charge in [0.1, 0.15) is 24.9 Å². The number of aliphatic imine (C=N–C) groups is 1. The molecule has 0 spiro atoms. The van der Waals surface area contributed by atoms with E-state index in [4.69, 9.17) is 11.6 Å². The summed E-state index contributed by atoms with van der Waals surface area (Å²) >= 11 is 5.61. The van der Waals surface area contributed by atoms with Crippen molar-refractivity contribution in [2.24, 2.45) is 4.99 Å². The predicted octanol–water partition coefficient (Wildman–Crippen LogP) is 0.972. The molecule has 136 valence electrons. The van der Waals surface area contributed by atoms with E-state index >= 15 is 0 Å². The van der Waals surface area contributed by atoms with Gasteiger partial charge >= 0.3 is 5.69 Å². The number of nitrogens with zero attached hydrogens (tertiary/aromatic N) is 4. The van der Waals surface area contributed by atoms with Crippen LogP contribution in [-0.2, 0) is 17.9 Å². The summed E-state index contributed by atoms with van der Waals surface area (Å²) < 4.78 is 15.7. The largest absolute Gasteiger partial charge is 0.368 e. The zero-order valence-corrected chi connectivity index (χ0v) is 14.6. The van der Waals surface area contributed by atoms with Gasteiger partial charge in [0.05, 0.1) is 10.7 Å². The molecule has 1 amide bonds. The van der Waals surface area contributed by atoms with E-state index in [2.05, 4.69) is 20.7 Å². The minimum Gasteiger partial charge on any atom is -0.368 e. The summed E-state index contributed by atoms with van der Waals surface area (Å²) in [4.78, 5) is 28.5. The van der Waals surface area contributed by atoms with Gasteiger partial charge in [-0.1, -0.05) is 17.7 Å². The molecule has 2 N–H and O–H groups in total. The molecule has 0 saturated carbocycles. The van der Waals surface area contributed by atoms with E-state index in [0.717, 1.165) is 4.68 Å². The number of amides is 1. The van der Waals surface area contributed by atoms with Gasteiger partial charge in [0, 0.05) is 19.0 Å². The number of halogens is 2. The highest BCUT2D eigenvalue weighted by Crippen LogP contribution is 2.15. The van der Waals surface area contributed by atoms with E-state index in [1.165, 1.54) is 23.0 Å². The summed E-state index contributed by atoms with van der Waals surface area (Å²) in [5.41, 5.74) is 0.616. The highest BCUT2D eigenvalue weighted by Gasteiger charge is 2.13. The molecule has 1 aliphatic heterocycles. The van der Waals surface area contributed by atoms with Gasteiger partial charge in [0.25, 0.3) is 0 Å². The summed E-state index contributed by atoms with van der Waals surface area (Å²) in [6, 6.07) is 4.26. The normalized spacial score (nSPS) is 16.1. The average molecular weight is 379 g/mol. The van der Waals surface area contributed by atoms with E-state index in [-0.39, 0.29) is 24.3 Å². The van der Waals surface area contributed by atoms with Gasteiger partial charge < -0.3 is 10.6 Å². The summed E-state index contributed by atoms with van der Waals surface area (Å²) in [6.07, 6.45) is 4.47. The first-order valence-electron chi connectivity index (χ1n) is 7.79. The molecule has 0 aliphatic carbocycles. The molecule has 2 aromatic rings. The molecule has 1 atom stereocenters. The van der Waals surface area contributed by atoms with Crippen molar-refractivity contribution >= 4 is 29.4 Å². The maximum atomic E-state index is 13.4. The van der Waals surface area contributed by atoms with Crippen molar-refractivity contribution < 1.29 is 9.18 Å². The number of carbonyl (C=O) groups excluding carboxylic acids is 1. The SMILES string of the molecule is CC1N=CC(n2cnn(CC(=O)NCc3ccc(Cl)c(F)c3)c2=O)=CN1. The van der Waals surface area contributed by atoms with Crippen molar-refractivity contribution in [1.29, 1.82) is 0 Å². The van der Waals surface area contributed by atoms with Crippen molar-refractivity contribution in [1.82, 2.24) is 25.0 Å². The maximum absolute atomic E-state index is 13.4. The number of hydrogen-bond acceptors (Lipinski definition) is 5. The van der Waals surface area contributed by atoms with Crippen LogP contribution >= 0.6 is 11.6 Å². The summed E-state index contributed by atoms with van der Waals surface area (Å²) in [5, 5.41) is 9.53. The average Bonchev–Trinajstić information content (AvgIpc) is 2.97. The molecule has 0 fully saturated rings. The second-order valence-corrected chi connectivity index (χ2v) is 6.06. The molecule has 1 aromatic carbocycles. The molecule has 1 unspecified atom stereocenters. The van der Waals surface area contributed by atoms with Gasteiger partial charge in [-0.2, -0.15) is 5.10 Å². The molecule has 0 saturated heterocycles. The quantitative estimate of drug-likeness (QED) is 0.810. The Labute approximate surface area is 153 Å². The van der Waals surface area contributed by atoms with Crippen molar-refractivity contribution in [2.75, 3.05) is 0 Å². The van der Waals surface area contributed by atoms with Gasteiger partial charge in [-0.25, -0.2) is 18.4 Å². The van der Waals surface area contributed by atoms with Gasteiger partial charge in [-0.3, -0.25) is 9.79 Å². The minimum atomic E-state index is -0.557. The monoisotopic (exact) mass is 378 g/mol.